The van der Waals surface area contributed by atoms with Crippen LogP contribution in [0, 0.1) is 0 Å². The van der Waals surface area contributed by atoms with E-state index >= 15 is 0 Å². The minimum atomic E-state index is 0.0625. The fourth-order valence-electron chi connectivity index (χ4n) is 2.03. The number of anilines is 1. The third-order valence-electron chi connectivity index (χ3n) is 3.05. The molecule has 1 atom stereocenters. The van der Waals surface area contributed by atoms with Crippen molar-refractivity contribution in [1.82, 2.24) is 9.97 Å². The second-order valence-corrected chi connectivity index (χ2v) is 4.49. The molecule has 2 heterocycles. The highest BCUT2D eigenvalue weighted by Gasteiger charge is 2.20. The molecule has 3 rings (SSSR count). The predicted octanol–water partition coefficient (Wildman–Crippen LogP) is 1.83. The van der Waals surface area contributed by atoms with E-state index in [2.05, 4.69) is 9.97 Å². The van der Waals surface area contributed by atoms with Crippen molar-refractivity contribution in [2.45, 2.75) is 18.9 Å². The van der Waals surface area contributed by atoms with Crippen LogP contribution in [-0.2, 0) is 6.42 Å². The minimum Gasteiger partial charge on any atom is -0.486 e. The van der Waals surface area contributed by atoms with Gasteiger partial charge in [-0.05, 0) is 30.5 Å². The summed E-state index contributed by atoms with van der Waals surface area (Å²) in [6, 6.07) is 7.72. The van der Waals surface area contributed by atoms with Gasteiger partial charge in [0.2, 0.25) is 5.95 Å². The van der Waals surface area contributed by atoms with Crippen LogP contribution in [0.4, 0.5) is 5.95 Å². The third kappa shape index (κ3) is 2.76. The molecule has 0 saturated heterocycles. The van der Waals surface area contributed by atoms with E-state index in [9.17, 15) is 0 Å². The molecule has 0 radical (unpaired) electrons. The zero-order chi connectivity index (χ0) is 13.1. The average Bonchev–Trinajstić information content (AvgIpc) is 2.46. The molecule has 0 amide bonds. The van der Waals surface area contributed by atoms with Gasteiger partial charge in [-0.1, -0.05) is 12.1 Å². The molecule has 0 unspecified atom stereocenters. The second kappa shape index (κ2) is 5.14. The van der Waals surface area contributed by atoms with E-state index in [0.29, 0.717) is 12.6 Å². The van der Waals surface area contributed by atoms with Crippen molar-refractivity contribution in [3.63, 3.8) is 0 Å². The van der Waals surface area contributed by atoms with Gasteiger partial charge in [0.1, 0.15) is 12.7 Å². The number of nitrogens with zero attached hydrogens (tertiary/aromatic N) is 2. The van der Waals surface area contributed by atoms with Gasteiger partial charge in [-0.25, -0.2) is 9.97 Å². The highest BCUT2D eigenvalue weighted by atomic mass is 16.6. The van der Waals surface area contributed by atoms with Crippen molar-refractivity contribution in [1.29, 1.82) is 0 Å². The fraction of sp³-hybridized carbons (Fsp3) is 0.286. The first kappa shape index (κ1) is 11.8. The van der Waals surface area contributed by atoms with Crippen LogP contribution in [0.15, 0.2) is 36.7 Å². The van der Waals surface area contributed by atoms with E-state index in [-0.39, 0.29) is 6.10 Å². The Labute approximate surface area is 111 Å². The summed E-state index contributed by atoms with van der Waals surface area (Å²) in [6.45, 7) is 0.576. The number of hydrogen-bond acceptors (Lipinski definition) is 5. The Kier molecular flexibility index (Phi) is 3.18. The molecule has 1 aliphatic heterocycles. The average molecular weight is 257 g/mol. The molecule has 19 heavy (non-hydrogen) atoms. The van der Waals surface area contributed by atoms with Crippen molar-refractivity contribution in [2.75, 3.05) is 12.3 Å². The Balaban J connectivity index is 1.59. The molecule has 5 nitrogen and oxygen atoms in total. The quantitative estimate of drug-likeness (QED) is 0.908. The van der Waals surface area contributed by atoms with Crippen LogP contribution in [0.2, 0.25) is 0 Å². The van der Waals surface area contributed by atoms with Crippen LogP contribution in [0.3, 0.4) is 0 Å². The lowest BCUT2D eigenvalue weighted by Crippen LogP contribution is -2.29. The number of rotatable bonds is 3. The monoisotopic (exact) mass is 257 g/mol. The Morgan fingerprint density at radius 2 is 1.89 bits per heavy atom. The molecular weight excluding hydrogens is 242 g/mol. The van der Waals surface area contributed by atoms with Crippen LogP contribution < -0.4 is 15.2 Å². The van der Waals surface area contributed by atoms with E-state index in [1.807, 2.05) is 24.3 Å². The maximum Gasteiger partial charge on any atom is 0.219 e. The number of aromatic nitrogens is 2. The highest BCUT2D eigenvalue weighted by Crippen LogP contribution is 2.31. The van der Waals surface area contributed by atoms with Gasteiger partial charge in [0.15, 0.2) is 11.5 Å². The number of benzene rings is 1. The molecule has 0 aliphatic carbocycles. The molecular formula is C14H15N3O2. The van der Waals surface area contributed by atoms with Gasteiger partial charge < -0.3 is 15.2 Å². The fourth-order valence-corrected chi connectivity index (χ4v) is 2.03. The highest BCUT2D eigenvalue weighted by molar-refractivity contribution is 5.40. The first-order chi connectivity index (χ1) is 9.31. The molecule has 0 saturated carbocycles. The van der Waals surface area contributed by atoms with E-state index in [4.69, 9.17) is 15.2 Å². The third-order valence-corrected chi connectivity index (χ3v) is 3.05. The van der Waals surface area contributed by atoms with E-state index in [0.717, 1.165) is 29.9 Å². The largest absolute Gasteiger partial charge is 0.486 e. The summed E-state index contributed by atoms with van der Waals surface area (Å²) in [4.78, 5) is 7.95. The van der Waals surface area contributed by atoms with Crippen molar-refractivity contribution in [3.05, 3.63) is 42.2 Å². The molecule has 2 aromatic rings. The van der Waals surface area contributed by atoms with Crippen molar-refractivity contribution in [3.8, 4) is 11.5 Å². The van der Waals surface area contributed by atoms with Crippen molar-refractivity contribution >= 4 is 5.95 Å². The summed E-state index contributed by atoms with van der Waals surface area (Å²) in [5.74, 6) is 1.93. The lowest BCUT2D eigenvalue weighted by Gasteiger charge is -2.26. The molecule has 5 heteroatoms. The Morgan fingerprint density at radius 3 is 2.68 bits per heavy atom. The van der Waals surface area contributed by atoms with Crippen molar-refractivity contribution in [2.24, 2.45) is 0 Å². The molecule has 0 bridgehead atoms. The smallest absolute Gasteiger partial charge is 0.219 e. The molecule has 0 fully saturated rings. The predicted molar refractivity (Wildman–Crippen MR) is 71.1 cm³/mol. The van der Waals surface area contributed by atoms with Crippen LogP contribution in [-0.4, -0.2) is 22.7 Å². The van der Waals surface area contributed by atoms with Crippen LogP contribution in [0.1, 0.15) is 12.0 Å². The number of nitrogens with two attached hydrogens (primary N) is 1. The molecule has 1 aromatic carbocycles. The van der Waals surface area contributed by atoms with Gasteiger partial charge in [0, 0.05) is 12.4 Å². The summed E-state index contributed by atoms with van der Waals surface area (Å²) in [5.41, 5.74) is 6.50. The maximum atomic E-state index is 5.89. The summed E-state index contributed by atoms with van der Waals surface area (Å²) >= 11 is 0. The summed E-state index contributed by atoms with van der Waals surface area (Å²) in [5, 5.41) is 0. The second-order valence-electron chi connectivity index (χ2n) is 4.49. The number of para-hydroxylation sites is 2. The Bertz CT molecular complexity index is 557. The first-order valence-corrected chi connectivity index (χ1v) is 6.26. The number of ether oxygens (including phenoxy) is 2. The van der Waals surface area contributed by atoms with Gasteiger partial charge in [-0.3, -0.25) is 0 Å². The summed E-state index contributed by atoms with van der Waals surface area (Å²) in [6.07, 6.45) is 5.27. The zero-order valence-corrected chi connectivity index (χ0v) is 10.5. The van der Waals surface area contributed by atoms with E-state index in [1.54, 1.807) is 12.4 Å². The lowest BCUT2D eigenvalue weighted by atomic mass is 10.1. The standard InChI is InChI=1S/C14H15N3O2/c15-14-16-7-10(8-17-14)5-6-11-9-18-12-3-1-2-4-13(12)19-11/h1-4,7-8,11H,5-6,9H2,(H2,15,16,17)/t11-/m1/s1. The molecule has 0 spiro atoms. The number of fused-ring (bicyclic) bond motifs is 1. The molecule has 2 N–H and O–H groups in total. The van der Waals surface area contributed by atoms with Gasteiger partial charge in [-0.15, -0.1) is 0 Å². The Hall–Kier alpha value is -2.30. The molecule has 1 aliphatic rings. The number of aryl methyl sites for hydroxylation is 1. The minimum absolute atomic E-state index is 0.0625. The van der Waals surface area contributed by atoms with Crippen LogP contribution >= 0.6 is 0 Å². The van der Waals surface area contributed by atoms with Gasteiger partial charge in [0.25, 0.3) is 0 Å². The van der Waals surface area contributed by atoms with Gasteiger partial charge >= 0.3 is 0 Å². The van der Waals surface area contributed by atoms with E-state index < -0.39 is 0 Å². The first-order valence-electron chi connectivity index (χ1n) is 6.26. The SMILES string of the molecule is Nc1ncc(CC[C@@H]2COc3ccccc3O2)cn1. The van der Waals surface area contributed by atoms with Gasteiger partial charge in [-0.2, -0.15) is 0 Å². The molecule has 98 valence electrons. The number of nitrogen functional groups attached to an aromatic ring is 1. The topological polar surface area (TPSA) is 70.3 Å². The number of hydrogen-bond donors (Lipinski definition) is 1. The van der Waals surface area contributed by atoms with Gasteiger partial charge in [0.05, 0.1) is 0 Å². The maximum absolute atomic E-state index is 5.89. The van der Waals surface area contributed by atoms with Crippen LogP contribution in [0.25, 0.3) is 0 Å². The summed E-state index contributed by atoms with van der Waals surface area (Å²) in [7, 11) is 0. The Morgan fingerprint density at radius 1 is 1.16 bits per heavy atom. The molecule has 1 aromatic heterocycles. The van der Waals surface area contributed by atoms with E-state index in [1.165, 1.54) is 0 Å². The normalized spacial score (nSPS) is 17.2. The summed E-state index contributed by atoms with van der Waals surface area (Å²) < 4.78 is 11.6. The zero-order valence-electron chi connectivity index (χ0n) is 10.5. The van der Waals surface area contributed by atoms with Crippen molar-refractivity contribution < 1.29 is 9.47 Å². The van der Waals surface area contributed by atoms with Crippen LogP contribution in [0.5, 0.6) is 11.5 Å². The lowest BCUT2D eigenvalue weighted by molar-refractivity contribution is 0.0851.